The molecule has 0 aromatic heterocycles. The van der Waals surface area contributed by atoms with Gasteiger partial charge in [0.05, 0.1) is 12.6 Å². The van der Waals surface area contributed by atoms with Crippen molar-refractivity contribution in [3.63, 3.8) is 0 Å². The molecule has 2 rings (SSSR count). The van der Waals surface area contributed by atoms with Crippen molar-refractivity contribution in [3.05, 3.63) is 40.3 Å². The Morgan fingerprint density at radius 2 is 2.35 bits per heavy atom. The smallest absolute Gasteiger partial charge is 0.196 e. The van der Waals surface area contributed by atoms with Crippen molar-refractivity contribution in [1.82, 2.24) is 0 Å². The highest BCUT2D eigenvalue weighted by molar-refractivity contribution is 5.97. The van der Waals surface area contributed by atoms with Crippen LogP contribution in [0.15, 0.2) is 34.4 Å². The highest BCUT2D eigenvalue weighted by Crippen LogP contribution is 2.24. The third-order valence-corrected chi connectivity index (χ3v) is 2.81. The Morgan fingerprint density at radius 3 is 3.06 bits per heavy atom. The molecular formula is C11H14N6. The fourth-order valence-electron chi connectivity index (χ4n) is 1.97. The van der Waals surface area contributed by atoms with Crippen molar-refractivity contribution < 1.29 is 0 Å². The fourth-order valence-corrected chi connectivity index (χ4v) is 1.97. The molecule has 88 valence electrons. The first-order valence-electron chi connectivity index (χ1n) is 5.39. The minimum atomic E-state index is 0.0204. The number of benzene rings is 1. The maximum absolute atomic E-state index is 8.38. The molecule has 1 atom stereocenters. The van der Waals surface area contributed by atoms with Gasteiger partial charge in [-0.1, -0.05) is 23.3 Å². The first-order valence-corrected chi connectivity index (χ1v) is 5.39. The van der Waals surface area contributed by atoms with Crippen LogP contribution in [0, 0.1) is 6.92 Å². The average molecular weight is 230 g/mol. The van der Waals surface area contributed by atoms with Gasteiger partial charge in [-0.3, -0.25) is 4.99 Å². The Labute approximate surface area is 99.4 Å². The molecule has 1 heterocycles. The van der Waals surface area contributed by atoms with Crippen LogP contribution in [0.5, 0.6) is 0 Å². The van der Waals surface area contributed by atoms with Gasteiger partial charge in [-0.25, -0.2) is 0 Å². The molecule has 0 saturated heterocycles. The molecule has 1 aliphatic rings. The molecule has 1 unspecified atom stereocenters. The molecule has 6 heteroatoms. The number of para-hydroxylation sites is 1. The second-order valence-electron chi connectivity index (χ2n) is 3.92. The Balaban J connectivity index is 2.30. The molecule has 1 aromatic rings. The van der Waals surface area contributed by atoms with Gasteiger partial charge < -0.3 is 10.6 Å². The predicted molar refractivity (Wildman–Crippen MR) is 67.9 cm³/mol. The molecule has 0 radical (unpaired) electrons. The van der Waals surface area contributed by atoms with E-state index in [2.05, 4.69) is 15.0 Å². The van der Waals surface area contributed by atoms with Crippen LogP contribution < -0.4 is 10.6 Å². The number of hydrogen-bond donors (Lipinski definition) is 1. The minimum Gasteiger partial charge on any atom is -0.370 e. The van der Waals surface area contributed by atoms with Crippen LogP contribution in [0.1, 0.15) is 5.56 Å². The quantitative estimate of drug-likeness (QED) is 0.487. The summed E-state index contributed by atoms with van der Waals surface area (Å²) < 4.78 is 0. The first-order chi connectivity index (χ1) is 8.24. The number of nitrogens with zero attached hydrogens (tertiary/aromatic N) is 5. The van der Waals surface area contributed by atoms with Gasteiger partial charge in [-0.05, 0) is 24.1 Å². The third-order valence-electron chi connectivity index (χ3n) is 2.81. The molecule has 17 heavy (non-hydrogen) atoms. The molecule has 0 bridgehead atoms. The summed E-state index contributed by atoms with van der Waals surface area (Å²) in [6.45, 7) is 2.96. The van der Waals surface area contributed by atoms with Crippen LogP contribution in [0.3, 0.4) is 0 Å². The van der Waals surface area contributed by atoms with Crippen LogP contribution in [-0.4, -0.2) is 25.1 Å². The SMILES string of the molecule is Cc1ccccc1N1C(N)=NCC1CN=[N+]=[N-]. The van der Waals surface area contributed by atoms with E-state index in [1.54, 1.807) is 0 Å². The van der Waals surface area contributed by atoms with Crippen LogP contribution in [0.25, 0.3) is 10.4 Å². The normalized spacial score (nSPS) is 18.8. The topological polar surface area (TPSA) is 90.4 Å². The number of nitrogens with two attached hydrogens (primary N) is 1. The van der Waals surface area contributed by atoms with Gasteiger partial charge in [0.15, 0.2) is 5.96 Å². The predicted octanol–water partition coefficient (Wildman–Crippen LogP) is 1.81. The summed E-state index contributed by atoms with van der Waals surface area (Å²) in [5.74, 6) is 0.484. The summed E-state index contributed by atoms with van der Waals surface area (Å²) in [5, 5.41) is 3.60. The first kappa shape index (κ1) is 11.3. The molecule has 6 nitrogen and oxygen atoms in total. The van der Waals surface area contributed by atoms with E-state index in [1.165, 1.54) is 0 Å². The van der Waals surface area contributed by atoms with Crippen LogP contribution in [0.4, 0.5) is 5.69 Å². The van der Waals surface area contributed by atoms with Crippen molar-refractivity contribution in [2.45, 2.75) is 13.0 Å². The summed E-state index contributed by atoms with van der Waals surface area (Å²) in [6.07, 6.45) is 0. The lowest BCUT2D eigenvalue weighted by Crippen LogP contribution is -2.42. The number of aryl methyl sites for hydroxylation is 1. The molecule has 0 amide bonds. The van der Waals surface area contributed by atoms with E-state index >= 15 is 0 Å². The van der Waals surface area contributed by atoms with E-state index in [9.17, 15) is 0 Å². The molecule has 0 saturated carbocycles. The van der Waals surface area contributed by atoms with Crippen molar-refractivity contribution in [2.75, 3.05) is 18.0 Å². The van der Waals surface area contributed by atoms with Gasteiger partial charge in [0.25, 0.3) is 0 Å². The molecule has 1 aromatic carbocycles. The van der Waals surface area contributed by atoms with Crippen LogP contribution >= 0.6 is 0 Å². The summed E-state index contributed by atoms with van der Waals surface area (Å²) >= 11 is 0. The molecule has 2 N–H and O–H groups in total. The molecule has 0 spiro atoms. The maximum atomic E-state index is 8.38. The van der Waals surface area contributed by atoms with Gasteiger partial charge in [0.1, 0.15) is 0 Å². The number of azide groups is 1. The summed E-state index contributed by atoms with van der Waals surface area (Å²) in [5.41, 5.74) is 16.4. The average Bonchev–Trinajstić information content (AvgIpc) is 2.69. The lowest BCUT2D eigenvalue weighted by atomic mass is 10.1. The van der Waals surface area contributed by atoms with Crippen LogP contribution in [-0.2, 0) is 0 Å². The van der Waals surface area contributed by atoms with E-state index in [0.717, 1.165) is 11.3 Å². The Kier molecular flexibility index (Phi) is 3.16. The number of aliphatic imine (C=N–C) groups is 1. The van der Waals surface area contributed by atoms with Crippen molar-refractivity contribution in [2.24, 2.45) is 15.8 Å². The maximum Gasteiger partial charge on any atom is 0.196 e. The Hall–Kier alpha value is -2.20. The zero-order valence-electron chi connectivity index (χ0n) is 9.61. The van der Waals surface area contributed by atoms with Gasteiger partial charge in [0.2, 0.25) is 0 Å². The van der Waals surface area contributed by atoms with Crippen molar-refractivity contribution in [1.29, 1.82) is 0 Å². The summed E-state index contributed by atoms with van der Waals surface area (Å²) in [7, 11) is 0. The Bertz CT molecular complexity index is 488. The largest absolute Gasteiger partial charge is 0.370 e. The molecular weight excluding hydrogens is 216 g/mol. The highest BCUT2D eigenvalue weighted by atomic mass is 15.3. The van der Waals surface area contributed by atoms with E-state index in [1.807, 2.05) is 36.1 Å². The van der Waals surface area contributed by atoms with Gasteiger partial charge in [-0.2, -0.15) is 0 Å². The van der Waals surface area contributed by atoms with E-state index in [-0.39, 0.29) is 6.04 Å². The number of rotatable bonds is 3. The second kappa shape index (κ2) is 4.76. The van der Waals surface area contributed by atoms with Crippen molar-refractivity contribution >= 4 is 11.6 Å². The number of anilines is 1. The molecule has 0 fully saturated rings. The van der Waals surface area contributed by atoms with E-state index < -0.39 is 0 Å². The molecule has 1 aliphatic heterocycles. The summed E-state index contributed by atoms with van der Waals surface area (Å²) in [6, 6.07) is 7.97. The Morgan fingerprint density at radius 1 is 1.59 bits per heavy atom. The van der Waals surface area contributed by atoms with Crippen LogP contribution in [0.2, 0.25) is 0 Å². The zero-order chi connectivity index (χ0) is 12.3. The standard InChI is InChI=1S/C11H14N6/c1-8-4-2-3-5-10(8)17-9(7-15-16-13)6-14-11(17)12/h2-5,9H,6-7H2,1H3,(H2,12,14). The number of guanidine groups is 1. The lowest BCUT2D eigenvalue weighted by molar-refractivity contribution is 0.714. The highest BCUT2D eigenvalue weighted by Gasteiger charge is 2.27. The fraction of sp³-hybridized carbons (Fsp3) is 0.364. The monoisotopic (exact) mass is 230 g/mol. The van der Waals surface area contributed by atoms with Gasteiger partial charge in [0, 0.05) is 17.1 Å². The molecule has 0 aliphatic carbocycles. The second-order valence-corrected chi connectivity index (χ2v) is 3.92. The van der Waals surface area contributed by atoms with Crippen molar-refractivity contribution in [3.8, 4) is 0 Å². The van der Waals surface area contributed by atoms with E-state index in [0.29, 0.717) is 19.0 Å². The summed E-state index contributed by atoms with van der Waals surface area (Å²) in [4.78, 5) is 8.92. The van der Waals surface area contributed by atoms with Gasteiger partial charge in [-0.15, -0.1) is 0 Å². The zero-order valence-corrected chi connectivity index (χ0v) is 9.61. The number of hydrogen-bond acceptors (Lipinski definition) is 4. The minimum absolute atomic E-state index is 0.0204. The van der Waals surface area contributed by atoms with Gasteiger partial charge >= 0.3 is 0 Å². The third kappa shape index (κ3) is 2.16. The van der Waals surface area contributed by atoms with E-state index in [4.69, 9.17) is 11.3 Å². The lowest BCUT2D eigenvalue weighted by Gasteiger charge is -2.26.